The molecule has 3 aromatic rings. The molecule has 0 saturated heterocycles. The quantitative estimate of drug-likeness (QED) is 0.706. The van der Waals surface area contributed by atoms with Gasteiger partial charge < -0.3 is 0 Å². The molecule has 0 amide bonds. The lowest BCUT2D eigenvalue weighted by atomic mass is 10.3. The highest BCUT2D eigenvalue weighted by Crippen LogP contribution is 2.33. The minimum Gasteiger partial charge on any atom is -0.275 e. The molecule has 3 aromatic heterocycles. The van der Waals surface area contributed by atoms with Crippen molar-refractivity contribution in [2.45, 2.75) is 6.92 Å². The molecule has 0 aliphatic rings. The third-order valence-corrected chi connectivity index (χ3v) is 4.57. The van der Waals surface area contributed by atoms with Gasteiger partial charge in [0, 0.05) is 24.2 Å². The van der Waals surface area contributed by atoms with Crippen LogP contribution in [0.4, 0.5) is 0 Å². The number of aromatic nitrogens is 3. The second kappa shape index (κ2) is 4.09. The highest BCUT2D eigenvalue weighted by atomic mass is 32.1. The van der Waals surface area contributed by atoms with Crippen molar-refractivity contribution in [2.24, 2.45) is 7.05 Å². The number of hydrogen-bond acceptors (Lipinski definition) is 4. The first-order valence-corrected chi connectivity index (χ1v) is 6.99. The van der Waals surface area contributed by atoms with E-state index in [1.807, 2.05) is 19.4 Å². The lowest BCUT2D eigenvalue weighted by molar-refractivity contribution is 0.768. The maximum absolute atomic E-state index is 4.67. The Bertz CT molecular complexity index is 648. The monoisotopic (exact) mass is 261 g/mol. The Morgan fingerprint density at radius 1 is 1.29 bits per heavy atom. The van der Waals surface area contributed by atoms with E-state index in [0.29, 0.717) is 0 Å². The van der Waals surface area contributed by atoms with Gasteiger partial charge in [0.2, 0.25) is 0 Å². The van der Waals surface area contributed by atoms with Crippen LogP contribution in [0, 0.1) is 6.92 Å². The molecule has 3 nitrogen and oxygen atoms in total. The van der Waals surface area contributed by atoms with E-state index >= 15 is 0 Å². The van der Waals surface area contributed by atoms with Crippen LogP contribution in [0.25, 0.3) is 21.1 Å². The van der Waals surface area contributed by atoms with Crippen molar-refractivity contribution in [3.8, 4) is 21.1 Å². The predicted molar refractivity (Wildman–Crippen MR) is 72.4 cm³/mol. The number of nitrogens with zero attached hydrogens (tertiary/aromatic N) is 3. The lowest BCUT2D eigenvalue weighted by Crippen LogP contribution is -1.84. The Labute approximate surface area is 107 Å². The summed E-state index contributed by atoms with van der Waals surface area (Å²) in [5, 5.41) is 9.46. The van der Waals surface area contributed by atoms with Gasteiger partial charge in [-0.2, -0.15) is 5.10 Å². The Morgan fingerprint density at radius 2 is 2.18 bits per heavy atom. The molecule has 5 heteroatoms. The Kier molecular flexibility index (Phi) is 2.57. The van der Waals surface area contributed by atoms with Gasteiger partial charge in [0.15, 0.2) is 0 Å². The molecule has 0 aliphatic carbocycles. The third-order valence-electron chi connectivity index (χ3n) is 2.56. The molecular formula is C12H11N3S2. The van der Waals surface area contributed by atoms with E-state index in [9.17, 15) is 0 Å². The van der Waals surface area contributed by atoms with Crippen LogP contribution < -0.4 is 0 Å². The van der Waals surface area contributed by atoms with E-state index in [0.717, 1.165) is 16.3 Å². The van der Waals surface area contributed by atoms with Crippen LogP contribution in [0.3, 0.4) is 0 Å². The summed E-state index contributed by atoms with van der Waals surface area (Å²) >= 11 is 3.43. The summed E-state index contributed by atoms with van der Waals surface area (Å²) in [7, 11) is 1.92. The summed E-state index contributed by atoms with van der Waals surface area (Å²) in [5.41, 5.74) is 3.37. The van der Waals surface area contributed by atoms with Crippen molar-refractivity contribution in [3.05, 3.63) is 34.8 Å². The minimum atomic E-state index is 1.01. The maximum Gasteiger partial charge on any atom is 0.134 e. The van der Waals surface area contributed by atoms with Crippen LogP contribution in [0.2, 0.25) is 0 Å². The molecule has 0 spiro atoms. The van der Waals surface area contributed by atoms with Crippen LogP contribution in [0.5, 0.6) is 0 Å². The molecule has 0 fully saturated rings. The summed E-state index contributed by atoms with van der Waals surface area (Å²) < 4.78 is 1.80. The normalized spacial score (nSPS) is 10.9. The van der Waals surface area contributed by atoms with Gasteiger partial charge in [-0.1, -0.05) is 0 Å². The van der Waals surface area contributed by atoms with Crippen molar-refractivity contribution in [1.29, 1.82) is 0 Å². The van der Waals surface area contributed by atoms with Crippen molar-refractivity contribution >= 4 is 22.7 Å². The van der Waals surface area contributed by atoms with Crippen LogP contribution in [0.1, 0.15) is 5.56 Å². The summed E-state index contributed by atoms with van der Waals surface area (Å²) in [6.07, 6.45) is 3.83. The molecule has 0 aliphatic heterocycles. The SMILES string of the molecule is Cc1ccsc1-c1nc(-c2cnn(C)c2)cs1. The van der Waals surface area contributed by atoms with Crippen molar-refractivity contribution in [3.63, 3.8) is 0 Å². The van der Waals surface area contributed by atoms with Gasteiger partial charge in [0.1, 0.15) is 5.01 Å². The van der Waals surface area contributed by atoms with E-state index in [1.165, 1.54) is 10.4 Å². The molecular weight excluding hydrogens is 250 g/mol. The zero-order chi connectivity index (χ0) is 11.8. The average molecular weight is 261 g/mol. The largest absolute Gasteiger partial charge is 0.275 e. The molecule has 3 heterocycles. The molecule has 0 N–H and O–H groups in total. The van der Waals surface area contributed by atoms with E-state index in [-0.39, 0.29) is 0 Å². The first kappa shape index (κ1) is 10.7. The highest BCUT2D eigenvalue weighted by Gasteiger charge is 2.10. The van der Waals surface area contributed by atoms with Gasteiger partial charge in [-0.15, -0.1) is 22.7 Å². The molecule has 0 unspecified atom stereocenters. The van der Waals surface area contributed by atoms with E-state index in [4.69, 9.17) is 0 Å². The Balaban J connectivity index is 2.01. The topological polar surface area (TPSA) is 30.7 Å². The van der Waals surface area contributed by atoms with Crippen LogP contribution in [0.15, 0.2) is 29.2 Å². The fraction of sp³-hybridized carbons (Fsp3) is 0.167. The third kappa shape index (κ3) is 1.92. The Morgan fingerprint density at radius 3 is 2.82 bits per heavy atom. The molecule has 0 radical (unpaired) electrons. The summed E-state index contributed by atoms with van der Waals surface area (Å²) in [6.45, 7) is 2.12. The zero-order valence-corrected chi connectivity index (χ0v) is 11.2. The number of aryl methyl sites for hydroxylation is 2. The van der Waals surface area contributed by atoms with Gasteiger partial charge in [-0.25, -0.2) is 4.98 Å². The Hall–Kier alpha value is -1.46. The number of thiophene rings is 1. The van der Waals surface area contributed by atoms with Crippen LogP contribution in [-0.4, -0.2) is 14.8 Å². The highest BCUT2D eigenvalue weighted by molar-refractivity contribution is 7.20. The number of hydrogen-bond donors (Lipinski definition) is 0. The van der Waals surface area contributed by atoms with Gasteiger partial charge in [-0.3, -0.25) is 4.68 Å². The van der Waals surface area contributed by atoms with Gasteiger partial charge >= 0.3 is 0 Å². The summed E-state index contributed by atoms with van der Waals surface area (Å²) in [6, 6.07) is 2.13. The first-order chi connectivity index (χ1) is 8.24. The second-order valence-corrected chi connectivity index (χ2v) is 5.65. The molecule has 0 atom stereocenters. The molecule has 3 rings (SSSR count). The van der Waals surface area contributed by atoms with Crippen LogP contribution >= 0.6 is 22.7 Å². The maximum atomic E-state index is 4.67. The smallest absolute Gasteiger partial charge is 0.134 e. The second-order valence-electron chi connectivity index (χ2n) is 3.87. The zero-order valence-electron chi connectivity index (χ0n) is 9.54. The lowest BCUT2D eigenvalue weighted by Gasteiger charge is -1.92. The predicted octanol–water partition coefficient (Wildman–Crippen LogP) is 3.58. The number of thiazole rings is 1. The molecule has 17 heavy (non-hydrogen) atoms. The van der Waals surface area contributed by atoms with E-state index in [2.05, 4.69) is 33.8 Å². The van der Waals surface area contributed by atoms with Gasteiger partial charge in [0.05, 0.1) is 16.8 Å². The molecule has 0 saturated carbocycles. The van der Waals surface area contributed by atoms with Gasteiger partial charge in [0.25, 0.3) is 0 Å². The van der Waals surface area contributed by atoms with E-state index < -0.39 is 0 Å². The molecule has 0 aromatic carbocycles. The fourth-order valence-corrected chi connectivity index (χ4v) is 3.58. The standard InChI is InChI=1S/C12H11N3S2/c1-8-3-4-16-11(8)12-14-10(7-17-12)9-5-13-15(2)6-9/h3-7H,1-2H3. The average Bonchev–Trinajstić information content (AvgIpc) is 2.97. The molecule has 0 bridgehead atoms. The minimum absolute atomic E-state index is 1.01. The van der Waals surface area contributed by atoms with Gasteiger partial charge in [-0.05, 0) is 23.9 Å². The molecule has 86 valence electrons. The van der Waals surface area contributed by atoms with E-state index in [1.54, 1.807) is 27.4 Å². The fourth-order valence-electron chi connectivity index (χ4n) is 1.66. The summed E-state index contributed by atoms with van der Waals surface area (Å²) in [4.78, 5) is 5.94. The first-order valence-electron chi connectivity index (χ1n) is 5.23. The van der Waals surface area contributed by atoms with Crippen molar-refractivity contribution < 1.29 is 0 Å². The van der Waals surface area contributed by atoms with Crippen molar-refractivity contribution in [2.75, 3.05) is 0 Å². The van der Waals surface area contributed by atoms with Crippen LogP contribution in [-0.2, 0) is 7.05 Å². The number of rotatable bonds is 2. The van der Waals surface area contributed by atoms with Crippen molar-refractivity contribution in [1.82, 2.24) is 14.8 Å². The summed E-state index contributed by atoms with van der Waals surface area (Å²) in [5.74, 6) is 0.